The number of hydrogen-bond donors (Lipinski definition) is 1. The van der Waals surface area contributed by atoms with Gasteiger partial charge in [-0.05, 0) is 25.7 Å². The first-order valence-electron chi connectivity index (χ1n) is 8.67. The maximum Gasteiger partial charge on any atom is 0.0697 e. The highest BCUT2D eigenvalue weighted by molar-refractivity contribution is 4.99. The molecule has 0 radical (unpaired) electrons. The number of likely N-dealkylation sites (tertiary alicyclic amines) is 1. The first-order valence-corrected chi connectivity index (χ1v) is 8.67. The van der Waals surface area contributed by atoms with Gasteiger partial charge in [-0.15, -0.1) is 0 Å². The van der Waals surface area contributed by atoms with Gasteiger partial charge in [0.1, 0.15) is 0 Å². The Balaban J connectivity index is 1.29. The van der Waals surface area contributed by atoms with E-state index in [2.05, 4.69) is 15.1 Å². The zero-order valence-corrected chi connectivity index (χ0v) is 12.6. The van der Waals surface area contributed by atoms with Crippen molar-refractivity contribution in [1.82, 2.24) is 15.1 Å². The minimum Gasteiger partial charge on any atom is -0.375 e. The van der Waals surface area contributed by atoms with E-state index in [0.29, 0.717) is 0 Å². The third kappa shape index (κ3) is 2.52. The normalized spacial score (nSPS) is 36.3. The molecular weight excluding hydrogens is 250 g/mol. The molecule has 0 bridgehead atoms. The van der Waals surface area contributed by atoms with E-state index >= 15 is 0 Å². The third-order valence-corrected chi connectivity index (χ3v) is 6.06. The summed E-state index contributed by atoms with van der Waals surface area (Å²) in [5, 5.41) is 3.45. The van der Waals surface area contributed by atoms with Crippen LogP contribution in [-0.2, 0) is 4.74 Å². The van der Waals surface area contributed by atoms with Gasteiger partial charge in [-0.1, -0.05) is 12.8 Å². The Kier molecular flexibility index (Phi) is 3.75. The van der Waals surface area contributed by atoms with E-state index in [1.165, 1.54) is 77.8 Å². The molecule has 1 unspecified atom stereocenters. The SMILES string of the molecule is C1CCC2(C1)CC(N1CC(N3CCNCC3)C1)CCO2. The lowest BCUT2D eigenvalue weighted by molar-refractivity contribution is -0.120. The minimum absolute atomic E-state index is 0.281. The van der Waals surface area contributed by atoms with Gasteiger partial charge < -0.3 is 10.1 Å². The molecule has 1 N–H and O–H groups in total. The van der Waals surface area contributed by atoms with Crippen molar-refractivity contribution in [1.29, 1.82) is 0 Å². The van der Waals surface area contributed by atoms with Crippen molar-refractivity contribution < 1.29 is 4.74 Å². The van der Waals surface area contributed by atoms with Gasteiger partial charge in [0.05, 0.1) is 5.60 Å². The van der Waals surface area contributed by atoms with Gasteiger partial charge in [0.25, 0.3) is 0 Å². The van der Waals surface area contributed by atoms with Gasteiger partial charge in [-0.3, -0.25) is 9.80 Å². The fourth-order valence-electron chi connectivity index (χ4n) is 4.75. The summed E-state index contributed by atoms with van der Waals surface area (Å²) in [7, 11) is 0. The third-order valence-electron chi connectivity index (χ3n) is 6.06. The average molecular weight is 279 g/mol. The molecule has 20 heavy (non-hydrogen) atoms. The molecule has 4 aliphatic rings. The van der Waals surface area contributed by atoms with Crippen molar-refractivity contribution in [3.8, 4) is 0 Å². The lowest BCUT2D eigenvalue weighted by atomic mass is 9.86. The largest absolute Gasteiger partial charge is 0.375 e. The Bertz CT molecular complexity index is 331. The smallest absolute Gasteiger partial charge is 0.0697 e. The Morgan fingerprint density at radius 2 is 1.70 bits per heavy atom. The second-order valence-electron chi connectivity index (χ2n) is 7.28. The number of piperazine rings is 1. The first-order chi connectivity index (χ1) is 9.85. The van der Waals surface area contributed by atoms with Crippen LogP contribution in [0.15, 0.2) is 0 Å². The quantitative estimate of drug-likeness (QED) is 0.818. The van der Waals surface area contributed by atoms with Crippen molar-refractivity contribution >= 4 is 0 Å². The van der Waals surface area contributed by atoms with Crippen LogP contribution in [-0.4, -0.2) is 73.4 Å². The Labute approximate surface area is 122 Å². The Hall–Kier alpha value is -0.160. The molecule has 1 aliphatic carbocycles. The van der Waals surface area contributed by atoms with E-state index in [0.717, 1.165) is 18.7 Å². The van der Waals surface area contributed by atoms with Gasteiger partial charge in [0.2, 0.25) is 0 Å². The fraction of sp³-hybridized carbons (Fsp3) is 1.00. The minimum atomic E-state index is 0.281. The van der Waals surface area contributed by atoms with Crippen LogP contribution in [0.3, 0.4) is 0 Å². The van der Waals surface area contributed by atoms with E-state index in [1.807, 2.05) is 0 Å². The topological polar surface area (TPSA) is 27.7 Å². The van der Waals surface area contributed by atoms with Crippen LogP contribution in [0, 0.1) is 0 Å². The van der Waals surface area contributed by atoms with Crippen LogP contribution < -0.4 is 5.32 Å². The van der Waals surface area contributed by atoms with Crippen LogP contribution in [0.5, 0.6) is 0 Å². The van der Waals surface area contributed by atoms with E-state index in [4.69, 9.17) is 4.74 Å². The van der Waals surface area contributed by atoms with Gasteiger partial charge in [-0.25, -0.2) is 0 Å². The molecule has 3 aliphatic heterocycles. The molecule has 4 fully saturated rings. The van der Waals surface area contributed by atoms with Crippen LogP contribution in [0.2, 0.25) is 0 Å². The number of rotatable bonds is 2. The molecule has 0 aromatic carbocycles. The Morgan fingerprint density at radius 3 is 2.45 bits per heavy atom. The molecule has 3 heterocycles. The lowest BCUT2D eigenvalue weighted by Crippen LogP contribution is -2.66. The summed E-state index contributed by atoms with van der Waals surface area (Å²) in [4.78, 5) is 5.44. The van der Waals surface area contributed by atoms with Crippen molar-refractivity contribution in [2.75, 3.05) is 45.9 Å². The second-order valence-corrected chi connectivity index (χ2v) is 7.28. The molecule has 0 aromatic rings. The molecule has 3 saturated heterocycles. The average Bonchev–Trinajstić information content (AvgIpc) is 2.86. The van der Waals surface area contributed by atoms with Crippen molar-refractivity contribution in [2.24, 2.45) is 0 Å². The van der Waals surface area contributed by atoms with Crippen molar-refractivity contribution in [3.63, 3.8) is 0 Å². The van der Waals surface area contributed by atoms with Crippen LogP contribution in [0.1, 0.15) is 38.5 Å². The van der Waals surface area contributed by atoms with Gasteiger partial charge in [-0.2, -0.15) is 0 Å². The summed E-state index contributed by atoms with van der Waals surface area (Å²) >= 11 is 0. The molecule has 4 nitrogen and oxygen atoms in total. The van der Waals surface area contributed by atoms with E-state index < -0.39 is 0 Å². The molecule has 1 saturated carbocycles. The van der Waals surface area contributed by atoms with Gasteiger partial charge in [0, 0.05) is 58.0 Å². The molecule has 0 aromatic heterocycles. The number of nitrogens with zero attached hydrogens (tertiary/aromatic N) is 2. The highest BCUT2D eigenvalue weighted by atomic mass is 16.5. The van der Waals surface area contributed by atoms with E-state index in [1.54, 1.807) is 0 Å². The molecule has 4 rings (SSSR count). The van der Waals surface area contributed by atoms with E-state index in [-0.39, 0.29) is 5.60 Å². The van der Waals surface area contributed by atoms with Gasteiger partial charge in [0.15, 0.2) is 0 Å². The molecule has 4 heteroatoms. The Morgan fingerprint density at radius 1 is 0.950 bits per heavy atom. The summed E-state index contributed by atoms with van der Waals surface area (Å²) in [6.07, 6.45) is 7.97. The molecular formula is C16H29N3O. The summed E-state index contributed by atoms with van der Waals surface area (Å²) < 4.78 is 6.17. The lowest BCUT2D eigenvalue weighted by Gasteiger charge is -2.52. The number of hydrogen-bond acceptors (Lipinski definition) is 4. The predicted molar refractivity (Wildman–Crippen MR) is 80.0 cm³/mol. The monoisotopic (exact) mass is 279 g/mol. The molecule has 1 atom stereocenters. The first kappa shape index (κ1) is 13.5. The zero-order valence-electron chi connectivity index (χ0n) is 12.6. The summed E-state index contributed by atoms with van der Waals surface area (Å²) in [6, 6.07) is 1.64. The zero-order chi connectivity index (χ0) is 13.4. The fourth-order valence-corrected chi connectivity index (χ4v) is 4.75. The highest BCUT2D eigenvalue weighted by Crippen LogP contribution is 2.42. The predicted octanol–water partition coefficient (Wildman–Crippen LogP) is 1.07. The maximum atomic E-state index is 6.17. The van der Waals surface area contributed by atoms with Gasteiger partial charge >= 0.3 is 0 Å². The van der Waals surface area contributed by atoms with Crippen LogP contribution in [0.25, 0.3) is 0 Å². The van der Waals surface area contributed by atoms with Crippen LogP contribution in [0.4, 0.5) is 0 Å². The highest BCUT2D eigenvalue weighted by Gasteiger charge is 2.44. The van der Waals surface area contributed by atoms with Crippen molar-refractivity contribution in [3.05, 3.63) is 0 Å². The molecule has 114 valence electrons. The number of nitrogens with one attached hydrogen (secondary N) is 1. The second kappa shape index (κ2) is 5.56. The molecule has 1 spiro atoms. The van der Waals surface area contributed by atoms with Crippen LogP contribution >= 0.6 is 0 Å². The summed E-state index contributed by atoms with van der Waals surface area (Å²) in [5.74, 6) is 0. The van der Waals surface area contributed by atoms with E-state index in [9.17, 15) is 0 Å². The number of ether oxygens (including phenoxy) is 1. The standard InChI is InChI=1S/C16H29N3O/c1-2-5-16(4-1)11-14(3-10-20-16)19-12-15(13-19)18-8-6-17-7-9-18/h14-15,17H,1-13H2. The summed E-state index contributed by atoms with van der Waals surface area (Å²) in [5.41, 5.74) is 0.281. The maximum absolute atomic E-state index is 6.17. The summed E-state index contributed by atoms with van der Waals surface area (Å²) in [6.45, 7) is 8.46. The molecule has 0 amide bonds. The van der Waals surface area contributed by atoms with Crippen molar-refractivity contribution in [2.45, 2.75) is 56.2 Å².